The Balaban J connectivity index is 2.06. The van der Waals surface area contributed by atoms with Gasteiger partial charge in [0.15, 0.2) is 0 Å². The molecule has 0 spiro atoms. The number of nitrogens with zero attached hydrogens (tertiary/aromatic N) is 3. The molecule has 0 saturated carbocycles. The first-order valence-corrected chi connectivity index (χ1v) is 6.79. The molecular weight excluding hydrogens is 318 g/mol. The van der Waals surface area contributed by atoms with E-state index in [2.05, 4.69) is 9.72 Å². The summed E-state index contributed by atoms with van der Waals surface area (Å²) in [5.74, 6) is -0.355. The van der Waals surface area contributed by atoms with Crippen molar-refractivity contribution < 1.29 is 18.9 Å². The lowest BCUT2D eigenvalue weighted by Crippen LogP contribution is -2.22. The molecule has 0 fully saturated rings. The number of fused-ring (bicyclic) bond motifs is 1. The highest BCUT2D eigenvalue weighted by Crippen LogP contribution is 2.17. The minimum Gasteiger partial charge on any atom is -0.467 e. The molecule has 0 atom stereocenters. The monoisotopic (exact) mass is 329 g/mol. The Labute approximate surface area is 134 Å². The summed E-state index contributed by atoms with van der Waals surface area (Å²) < 4.78 is 11.1. The summed E-state index contributed by atoms with van der Waals surface area (Å²) >= 11 is 0. The summed E-state index contributed by atoms with van der Waals surface area (Å²) in [5, 5.41) is 11.0. The Morgan fingerprint density at radius 3 is 2.92 bits per heavy atom. The van der Waals surface area contributed by atoms with E-state index in [1.807, 2.05) is 0 Å². The number of benzene rings is 1. The second-order valence-corrected chi connectivity index (χ2v) is 4.89. The van der Waals surface area contributed by atoms with Crippen molar-refractivity contribution in [2.45, 2.75) is 6.54 Å². The minimum absolute atomic E-state index is 0.0537. The van der Waals surface area contributed by atoms with Crippen LogP contribution < -0.4 is 5.56 Å². The molecule has 2 aromatic heterocycles. The maximum atomic E-state index is 12.5. The van der Waals surface area contributed by atoms with Gasteiger partial charge in [-0.3, -0.25) is 19.5 Å². The van der Waals surface area contributed by atoms with Crippen LogP contribution in [0.5, 0.6) is 0 Å². The Bertz CT molecular complexity index is 1000. The van der Waals surface area contributed by atoms with Gasteiger partial charge in [-0.05, 0) is 12.1 Å². The number of aromatic nitrogens is 2. The van der Waals surface area contributed by atoms with E-state index in [4.69, 9.17) is 4.42 Å². The van der Waals surface area contributed by atoms with Gasteiger partial charge in [0.1, 0.15) is 11.3 Å². The van der Waals surface area contributed by atoms with Crippen molar-refractivity contribution in [2.24, 2.45) is 0 Å². The number of rotatable bonds is 4. The van der Waals surface area contributed by atoms with E-state index in [1.165, 1.54) is 48.5 Å². The third kappa shape index (κ3) is 2.62. The standard InChI is InChI=1S/C15H11N3O6/c1-23-15(20)10-4-5-24-13(10)7-17-8-16-12-3-2-9(18(21)22)6-11(12)14(17)19/h2-6,8H,7H2,1H3. The molecule has 24 heavy (non-hydrogen) atoms. The van der Waals surface area contributed by atoms with Crippen molar-refractivity contribution in [1.29, 1.82) is 0 Å². The van der Waals surface area contributed by atoms with Crippen LogP contribution in [0.4, 0.5) is 5.69 Å². The molecule has 2 heterocycles. The zero-order valence-electron chi connectivity index (χ0n) is 12.5. The van der Waals surface area contributed by atoms with Gasteiger partial charge in [0.2, 0.25) is 0 Å². The molecule has 3 rings (SSSR count). The lowest BCUT2D eigenvalue weighted by molar-refractivity contribution is -0.384. The van der Waals surface area contributed by atoms with Gasteiger partial charge in [-0.1, -0.05) is 0 Å². The fraction of sp³-hybridized carbons (Fsp3) is 0.133. The maximum Gasteiger partial charge on any atom is 0.341 e. The topological polar surface area (TPSA) is 117 Å². The number of carbonyl (C=O) groups is 1. The molecule has 3 aromatic rings. The van der Waals surface area contributed by atoms with Crippen LogP contribution in [0.3, 0.4) is 0 Å². The van der Waals surface area contributed by atoms with Gasteiger partial charge in [-0.25, -0.2) is 9.78 Å². The van der Waals surface area contributed by atoms with Crippen LogP contribution in [0.1, 0.15) is 16.1 Å². The molecule has 0 radical (unpaired) electrons. The van der Waals surface area contributed by atoms with E-state index in [0.717, 1.165) is 0 Å². The van der Waals surface area contributed by atoms with Crippen LogP contribution in [0.15, 0.2) is 46.1 Å². The van der Waals surface area contributed by atoms with Crippen molar-refractivity contribution >= 4 is 22.6 Å². The molecule has 0 amide bonds. The number of nitro benzene ring substituents is 1. The predicted molar refractivity (Wildman–Crippen MR) is 81.8 cm³/mol. The summed E-state index contributed by atoms with van der Waals surface area (Å²) in [6.07, 6.45) is 2.60. The number of non-ortho nitro benzene ring substituents is 1. The molecular formula is C15H11N3O6. The van der Waals surface area contributed by atoms with Crippen molar-refractivity contribution in [1.82, 2.24) is 9.55 Å². The molecule has 9 nitrogen and oxygen atoms in total. The van der Waals surface area contributed by atoms with Gasteiger partial charge in [0, 0.05) is 12.1 Å². The van der Waals surface area contributed by atoms with Gasteiger partial charge in [0.05, 0.1) is 42.1 Å². The number of carbonyl (C=O) groups excluding carboxylic acids is 1. The van der Waals surface area contributed by atoms with Gasteiger partial charge in [-0.15, -0.1) is 0 Å². The summed E-state index contributed by atoms with van der Waals surface area (Å²) in [6.45, 7) is -0.0537. The second-order valence-electron chi connectivity index (χ2n) is 4.89. The third-order valence-corrected chi connectivity index (χ3v) is 3.48. The number of nitro groups is 1. The number of hydrogen-bond acceptors (Lipinski definition) is 7. The van der Waals surface area contributed by atoms with Gasteiger partial charge in [0.25, 0.3) is 11.2 Å². The third-order valence-electron chi connectivity index (χ3n) is 3.48. The SMILES string of the molecule is COC(=O)c1ccoc1Cn1cnc2ccc([N+](=O)[O-])cc2c1=O. The van der Waals surface area contributed by atoms with E-state index >= 15 is 0 Å². The van der Waals surface area contributed by atoms with Crippen LogP contribution >= 0.6 is 0 Å². The predicted octanol–water partition coefficient (Wildman–Crippen LogP) is 1.73. The maximum absolute atomic E-state index is 12.5. The molecule has 122 valence electrons. The Kier molecular flexibility index (Phi) is 3.82. The van der Waals surface area contributed by atoms with E-state index in [0.29, 0.717) is 5.52 Å². The zero-order valence-corrected chi connectivity index (χ0v) is 12.5. The highest BCUT2D eigenvalue weighted by Gasteiger charge is 2.17. The fourth-order valence-electron chi connectivity index (χ4n) is 2.28. The number of methoxy groups -OCH3 is 1. The molecule has 9 heteroatoms. The quantitative estimate of drug-likeness (QED) is 0.406. The summed E-state index contributed by atoms with van der Waals surface area (Å²) in [4.78, 5) is 38.5. The van der Waals surface area contributed by atoms with Crippen LogP contribution in [0, 0.1) is 10.1 Å². The molecule has 0 saturated heterocycles. The Morgan fingerprint density at radius 2 is 2.21 bits per heavy atom. The number of esters is 1. The molecule has 0 aliphatic carbocycles. The van der Waals surface area contributed by atoms with Crippen molar-refractivity contribution in [3.63, 3.8) is 0 Å². The summed E-state index contributed by atoms with van der Waals surface area (Å²) in [5.41, 5.74) is -0.138. The average Bonchev–Trinajstić information content (AvgIpc) is 3.04. The highest BCUT2D eigenvalue weighted by atomic mass is 16.6. The number of hydrogen-bond donors (Lipinski definition) is 0. The van der Waals surface area contributed by atoms with E-state index in [1.54, 1.807) is 0 Å². The minimum atomic E-state index is -0.587. The van der Waals surface area contributed by atoms with Gasteiger partial charge in [-0.2, -0.15) is 0 Å². The van der Waals surface area contributed by atoms with E-state index in [-0.39, 0.29) is 28.9 Å². The molecule has 0 bridgehead atoms. The number of furan rings is 1. The second kappa shape index (κ2) is 5.95. The Morgan fingerprint density at radius 1 is 1.42 bits per heavy atom. The van der Waals surface area contributed by atoms with Crippen LogP contribution in [0.2, 0.25) is 0 Å². The largest absolute Gasteiger partial charge is 0.467 e. The number of ether oxygens (including phenoxy) is 1. The lowest BCUT2D eigenvalue weighted by atomic mass is 10.2. The van der Waals surface area contributed by atoms with E-state index < -0.39 is 16.5 Å². The van der Waals surface area contributed by atoms with Gasteiger partial charge >= 0.3 is 5.97 Å². The molecule has 0 aliphatic heterocycles. The van der Waals surface area contributed by atoms with Crippen LogP contribution in [-0.4, -0.2) is 27.6 Å². The highest BCUT2D eigenvalue weighted by molar-refractivity contribution is 5.90. The average molecular weight is 329 g/mol. The lowest BCUT2D eigenvalue weighted by Gasteiger charge is -2.06. The summed E-state index contributed by atoms with van der Waals surface area (Å²) in [7, 11) is 1.24. The first-order chi connectivity index (χ1) is 11.5. The van der Waals surface area contributed by atoms with Gasteiger partial charge < -0.3 is 9.15 Å². The molecule has 0 aliphatic rings. The zero-order chi connectivity index (χ0) is 17.3. The molecule has 0 unspecified atom stereocenters. The fourth-order valence-corrected chi connectivity index (χ4v) is 2.28. The normalized spacial score (nSPS) is 10.7. The Hall–Kier alpha value is -3.49. The van der Waals surface area contributed by atoms with Crippen molar-refractivity contribution in [3.8, 4) is 0 Å². The van der Waals surface area contributed by atoms with Crippen molar-refractivity contribution in [2.75, 3.05) is 7.11 Å². The first-order valence-electron chi connectivity index (χ1n) is 6.79. The van der Waals surface area contributed by atoms with Crippen LogP contribution in [0.25, 0.3) is 10.9 Å². The van der Waals surface area contributed by atoms with E-state index in [9.17, 15) is 19.7 Å². The van der Waals surface area contributed by atoms with Crippen molar-refractivity contribution in [3.05, 3.63) is 68.6 Å². The smallest absolute Gasteiger partial charge is 0.341 e. The first kappa shape index (κ1) is 15.4. The van der Waals surface area contributed by atoms with Crippen LogP contribution in [-0.2, 0) is 11.3 Å². The molecule has 1 aromatic carbocycles. The molecule has 0 N–H and O–H groups in total. The summed E-state index contributed by atoms with van der Waals surface area (Å²) in [6, 6.07) is 5.29.